The molecule has 0 saturated carbocycles. The number of aromatic nitrogens is 1. The normalized spacial score (nSPS) is 16.6. The van der Waals surface area contributed by atoms with Crippen LogP contribution in [0.1, 0.15) is 37.9 Å². The number of benzene rings is 1. The topological polar surface area (TPSA) is 80.6 Å². The van der Waals surface area contributed by atoms with Crippen LogP contribution < -0.4 is 10.9 Å². The van der Waals surface area contributed by atoms with Crippen molar-refractivity contribution in [1.29, 1.82) is 0 Å². The first-order valence-corrected chi connectivity index (χ1v) is 7.56. The highest BCUT2D eigenvalue weighted by Crippen LogP contribution is 2.33. The molecule has 0 saturated heterocycles. The van der Waals surface area contributed by atoms with E-state index in [-0.39, 0.29) is 18.2 Å². The minimum atomic E-state index is -0.581. The van der Waals surface area contributed by atoms with Gasteiger partial charge in [0.2, 0.25) is 0 Å². The molecule has 1 aliphatic rings. The maximum Gasteiger partial charge on any atom is 0.408 e. The molecule has 3 rings (SSSR count). The fourth-order valence-electron chi connectivity index (χ4n) is 2.96. The first-order valence-electron chi connectivity index (χ1n) is 7.56. The minimum absolute atomic E-state index is 0.0981. The van der Waals surface area contributed by atoms with Crippen LogP contribution in [0.3, 0.4) is 0 Å². The molecule has 1 atom stereocenters. The molecular formula is C17H20N2O4. The molecule has 1 aromatic carbocycles. The third-order valence-electron chi connectivity index (χ3n) is 3.87. The summed E-state index contributed by atoms with van der Waals surface area (Å²) >= 11 is 0. The molecule has 0 bridgehead atoms. The zero-order valence-corrected chi connectivity index (χ0v) is 13.4. The van der Waals surface area contributed by atoms with E-state index in [0.717, 1.165) is 22.0 Å². The molecule has 23 heavy (non-hydrogen) atoms. The number of amides is 1. The number of rotatable bonds is 2. The monoisotopic (exact) mass is 316 g/mol. The van der Waals surface area contributed by atoms with E-state index in [1.165, 1.54) is 6.07 Å². The Bertz CT molecular complexity index is 833. The van der Waals surface area contributed by atoms with Gasteiger partial charge in [-0.2, -0.15) is 0 Å². The predicted octanol–water partition coefficient (Wildman–Crippen LogP) is 2.07. The summed E-state index contributed by atoms with van der Waals surface area (Å²) in [6.07, 6.45) is -0.511. The summed E-state index contributed by atoms with van der Waals surface area (Å²) in [7, 11) is 0. The van der Waals surface area contributed by atoms with Gasteiger partial charge in [0.1, 0.15) is 5.60 Å². The zero-order valence-electron chi connectivity index (χ0n) is 13.4. The average Bonchev–Trinajstić information content (AvgIpc) is 2.81. The molecular weight excluding hydrogens is 296 g/mol. The van der Waals surface area contributed by atoms with Gasteiger partial charge in [0.25, 0.3) is 5.56 Å². The molecule has 2 heterocycles. The van der Waals surface area contributed by atoms with E-state index in [0.29, 0.717) is 6.54 Å². The molecule has 1 aliphatic heterocycles. The first kappa shape index (κ1) is 15.6. The zero-order chi connectivity index (χ0) is 16.8. The summed E-state index contributed by atoms with van der Waals surface area (Å²) in [6.45, 7) is 5.66. The van der Waals surface area contributed by atoms with Crippen LogP contribution >= 0.6 is 0 Å². The lowest BCUT2D eigenvalue weighted by atomic mass is 10.0. The highest BCUT2D eigenvalue weighted by molar-refractivity contribution is 5.87. The van der Waals surface area contributed by atoms with Gasteiger partial charge in [0.15, 0.2) is 0 Å². The van der Waals surface area contributed by atoms with E-state index in [4.69, 9.17) is 4.74 Å². The molecule has 0 fully saturated rings. The van der Waals surface area contributed by atoms with E-state index in [9.17, 15) is 14.7 Å². The lowest BCUT2D eigenvalue weighted by Gasteiger charge is -2.22. The molecule has 2 aromatic rings. The lowest BCUT2D eigenvalue weighted by molar-refractivity contribution is 0.0501. The number of pyridine rings is 1. The number of nitrogens with one attached hydrogen (secondary N) is 1. The van der Waals surface area contributed by atoms with Crippen LogP contribution in [0.4, 0.5) is 4.79 Å². The van der Waals surface area contributed by atoms with Crippen molar-refractivity contribution in [2.75, 3.05) is 0 Å². The summed E-state index contributed by atoms with van der Waals surface area (Å²) in [5, 5.41) is 13.1. The van der Waals surface area contributed by atoms with Gasteiger partial charge in [-0.3, -0.25) is 4.79 Å². The SMILES string of the molecule is CC(C)(C)OC(=O)N[C@H]1Cn2c(=O)ccc3c(CO)ccc1c32. The van der Waals surface area contributed by atoms with Gasteiger partial charge < -0.3 is 19.7 Å². The Morgan fingerprint density at radius 2 is 2.09 bits per heavy atom. The molecule has 6 heteroatoms. The van der Waals surface area contributed by atoms with Gasteiger partial charge in [-0.1, -0.05) is 12.1 Å². The highest BCUT2D eigenvalue weighted by atomic mass is 16.6. The molecule has 0 spiro atoms. The Balaban J connectivity index is 1.99. The van der Waals surface area contributed by atoms with Crippen molar-refractivity contribution in [1.82, 2.24) is 9.88 Å². The fraction of sp³-hybridized carbons (Fsp3) is 0.412. The van der Waals surface area contributed by atoms with Gasteiger partial charge >= 0.3 is 6.09 Å². The number of hydrogen-bond acceptors (Lipinski definition) is 4. The Kier molecular flexibility index (Phi) is 3.64. The van der Waals surface area contributed by atoms with Crippen molar-refractivity contribution in [3.8, 4) is 0 Å². The smallest absolute Gasteiger partial charge is 0.408 e. The lowest BCUT2D eigenvalue weighted by Crippen LogP contribution is -2.35. The molecule has 2 N–H and O–H groups in total. The summed E-state index contributed by atoms with van der Waals surface area (Å²) in [5.41, 5.74) is 1.69. The van der Waals surface area contributed by atoms with Gasteiger partial charge in [-0.25, -0.2) is 4.79 Å². The molecule has 0 unspecified atom stereocenters. The predicted molar refractivity (Wildman–Crippen MR) is 86.2 cm³/mol. The van der Waals surface area contributed by atoms with Crippen LogP contribution in [0.5, 0.6) is 0 Å². The van der Waals surface area contributed by atoms with Crippen LogP contribution in [0, 0.1) is 0 Å². The number of carbonyl (C=O) groups is 1. The number of aliphatic hydroxyl groups is 1. The standard InChI is InChI=1S/C17H20N2O4/c1-17(2,3)23-16(22)18-13-8-19-14(21)7-6-11-10(9-20)4-5-12(13)15(11)19/h4-7,13,20H,8-9H2,1-3H3,(H,18,22)/t13-/m0/s1. The van der Waals surface area contributed by atoms with Crippen LogP contribution in [0.2, 0.25) is 0 Å². The summed E-state index contributed by atoms with van der Waals surface area (Å²) in [6, 6.07) is 6.55. The van der Waals surface area contributed by atoms with Crippen molar-refractivity contribution in [3.63, 3.8) is 0 Å². The average molecular weight is 316 g/mol. The van der Waals surface area contributed by atoms with Crippen molar-refractivity contribution in [3.05, 3.63) is 45.7 Å². The van der Waals surface area contributed by atoms with Crippen molar-refractivity contribution < 1.29 is 14.6 Å². The maximum atomic E-state index is 12.1. The largest absolute Gasteiger partial charge is 0.444 e. The van der Waals surface area contributed by atoms with E-state index in [2.05, 4.69) is 5.32 Å². The van der Waals surface area contributed by atoms with Crippen LogP contribution in [0.15, 0.2) is 29.1 Å². The third kappa shape index (κ3) is 2.82. The molecule has 122 valence electrons. The number of hydrogen-bond donors (Lipinski definition) is 2. The second-order valence-corrected chi connectivity index (χ2v) is 6.72. The molecule has 0 radical (unpaired) electrons. The van der Waals surface area contributed by atoms with Gasteiger partial charge in [-0.05, 0) is 32.4 Å². The van der Waals surface area contributed by atoms with Crippen molar-refractivity contribution >= 4 is 17.0 Å². The summed E-state index contributed by atoms with van der Waals surface area (Å²) < 4.78 is 6.92. The Hall–Kier alpha value is -2.34. The van der Waals surface area contributed by atoms with Gasteiger partial charge in [0, 0.05) is 17.0 Å². The first-order chi connectivity index (χ1) is 10.8. The second-order valence-electron chi connectivity index (χ2n) is 6.72. The minimum Gasteiger partial charge on any atom is -0.444 e. The third-order valence-corrected chi connectivity index (χ3v) is 3.87. The highest BCUT2D eigenvalue weighted by Gasteiger charge is 2.28. The number of carbonyl (C=O) groups excluding carboxylic acids is 1. The van der Waals surface area contributed by atoms with Crippen molar-refractivity contribution in [2.24, 2.45) is 0 Å². The number of alkyl carbamates (subject to hydrolysis) is 1. The maximum absolute atomic E-state index is 12.1. The Morgan fingerprint density at radius 1 is 1.35 bits per heavy atom. The summed E-state index contributed by atoms with van der Waals surface area (Å²) in [5.74, 6) is 0. The van der Waals surface area contributed by atoms with E-state index < -0.39 is 11.7 Å². The summed E-state index contributed by atoms with van der Waals surface area (Å²) in [4.78, 5) is 24.1. The van der Waals surface area contributed by atoms with Crippen LogP contribution in [-0.2, 0) is 17.9 Å². The molecule has 1 amide bonds. The number of aliphatic hydroxyl groups excluding tert-OH is 1. The Labute approximate surface area is 133 Å². The second kappa shape index (κ2) is 5.38. The van der Waals surface area contributed by atoms with Crippen molar-refractivity contribution in [2.45, 2.75) is 45.6 Å². The Morgan fingerprint density at radius 3 is 2.74 bits per heavy atom. The van der Waals surface area contributed by atoms with E-state index in [1.54, 1.807) is 31.4 Å². The molecule has 1 aromatic heterocycles. The number of ether oxygens (including phenoxy) is 1. The van der Waals surface area contributed by atoms with Crippen LogP contribution in [0.25, 0.3) is 10.9 Å². The van der Waals surface area contributed by atoms with E-state index in [1.807, 2.05) is 12.1 Å². The fourth-order valence-corrected chi connectivity index (χ4v) is 2.96. The van der Waals surface area contributed by atoms with E-state index >= 15 is 0 Å². The number of nitrogens with zero attached hydrogens (tertiary/aromatic N) is 1. The molecule has 0 aliphatic carbocycles. The quantitative estimate of drug-likeness (QED) is 0.889. The van der Waals surface area contributed by atoms with Crippen LogP contribution in [-0.4, -0.2) is 21.4 Å². The van der Waals surface area contributed by atoms with Gasteiger partial charge in [-0.15, -0.1) is 0 Å². The van der Waals surface area contributed by atoms with Gasteiger partial charge in [0.05, 0.1) is 24.7 Å². The molecule has 6 nitrogen and oxygen atoms in total.